The molecule has 1 fully saturated rings. The first-order chi connectivity index (χ1) is 8.58. The van der Waals surface area contributed by atoms with Gasteiger partial charge in [0.1, 0.15) is 5.82 Å². The number of halogens is 2. The zero-order chi connectivity index (χ0) is 13.1. The third-order valence-electron chi connectivity index (χ3n) is 2.78. The molecule has 0 radical (unpaired) electrons. The Morgan fingerprint density at radius 2 is 2.22 bits per heavy atom. The number of amides is 1. The Bertz CT molecular complexity index is 444. The van der Waals surface area contributed by atoms with E-state index in [1.54, 1.807) is 0 Å². The summed E-state index contributed by atoms with van der Waals surface area (Å²) >= 11 is 3.19. The predicted octanol–water partition coefficient (Wildman–Crippen LogP) is 2.22. The third-order valence-corrected chi connectivity index (χ3v) is 3.37. The molecule has 1 atom stereocenters. The molecule has 1 aromatic carbocycles. The fraction of sp³-hybridized carbons (Fsp3) is 0.417. The van der Waals surface area contributed by atoms with Crippen LogP contribution in [-0.2, 0) is 4.79 Å². The van der Waals surface area contributed by atoms with Crippen LogP contribution in [-0.4, -0.2) is 18.6 Å². The summed E-state index contributed by atoms with van der Waals surface area (Å²) in [7, 11) is 0. The van der Waals surface area contributed by atoms with E-state index in [-0.39, 0.29) is 11.6 Å². The number of rotatable bonds is 2. The van der Waals surface area contributed by atoms with Crippen molar-refractivity contribution in [2.24, 2.45) is 0 Å². The molecule has 1 amide bonds. The van der Waals surface area contributed by atoms with E-state index in [1.165, 1.54) is 12.1 Å². The fourth-order valence-electron chi connectivity index (χ4n) is 1.87. The highest BCUT2D eigenvalue weighted by atomic mass is 79.9. The number of carbonyl (C=O) groups excluding carboxylic acids is 1. The van der Waals surface area contributed by atoms with Gasteiger partial charge in [-0.25, -0.2) is 4.39 Å². The number of hydrogen-bond acceptors (Lipinski definition) is 3. The number of hydrogen-bond donors (Lipinski definition) is 2. The van der Waals surface area contributed by atoms with E-state index in [0.717, 1.165) is 12.8 Å². The van der Waals surface area contributed by atoms with Crippen molar-refractivity contribution in [1.29, 1.82) is 0 Å². The first-order valence-electron chi connectivity index (χ1n) is 5.77. The zero-order valence-electron chi connectivity index (χ0n) is 9.71. The van der Waals surface area contributed by atoms with Crippen LogP contribution in [0.1, 0.15) is 19.3 Å². The maximum Gasteiger partial charge on any atom is 0.261 e. The van der Waals surface area contributed by atoms with Gasteiger partial charge in [0, 0.05) is 12.6 Å². The average molecular weight is 317 g/mol. The summed E-state index contributed by atoms with van der Waals surface area (Å²) in [4.78, 5) is 11.7. The molecule has 18 heavy (non-hydrogen) atoms. The van der Waals surface area contributed by atoms with E-state index < -0.39 is 11.9 Å². The molecule has 6 heteroatoms. The summed E-state index contributed by atoms with van der Waals surface area (Å²) in [5.41, 5.74) is 5.88. The molecule has 1 saturated heterocycles. The maximum absolute atomic E-state index is 13.1. The third kappa shape index (κ3) is 2.93. The van der Waals surface area contributed by atoms with Gasteiger partial charge in [-0.3, -0.25) is 4.79 Å². The van der Waals surface area contributed by atoms with E-state index in [1.807, 2.05) is 0 Å². The van der Waals surface area contributed by atoms with Gasteiger partial charge in [-0.05, 0) is 41.3 Å². The molecule has 3 N–H and O–H groups in total. The minimum Gasteiger partial charge on any atom is -0.477 e. The highest BCUT2D eigenvalue weighted by molar-refractivity contribution is 9.10. The minimum atomic E-state index is -0.573. The van der Waals surface area contributed by atoms with Crippen molar-refractivity contribution in [3.63, 3.8) is 0 Å². The van der Waals surface area contributed by atoms with E-state index in [9.17, 15) is 9.18 Å². The summed E-state index contributed by atoms with van der Waals surface area (Å²) in [6.07, 6.45) is 1.90. The first-order valence-corrected chi connectivity index (χ1v) is 6.56. The van der Waals surface area contributed by atoms with Crippen LogP contribution in [0.4, 0.5) is 10.1 Å². The molecule has 98 valence electrons. The van der Waals surface area contributed by atoms with Crippen molar-refractivity contribution in [3.05, 3.63) is 22.4 Å². The zero-order valence-corrected chi connectivity index (χ0v) is 11.3. The SMILES string of the molecule is Nc1cc(F)cc(Br)c1OC1CCCCNC1=O. The molecule has 0 aromatic heterocycles. The van der Waals surface area contributed by atoms with Crippen molar-refractivity contribution in [2.75, 3.05) is 12.3 Å². The van der Waals surface area contributed by atoms with Crippen molar-refractivity contribution >= 4 is 27.5 Å². The molecule has 2 rings (SSSR count). The van der Waals surface area contributed by atoms with Crippen molar-refractivity contribution in [3.8, 4) is 5.75 Å². The topological polar surface area (TPSA) is 64.3 Å². The standard InChI is InChI=1S/C12H14BrFN2O2/c13-8-5-7(14)6-9(15)11(8)18-10-3-1-2-4-16-12(10)17/h5-6,10H,1-4,15H2,(H,16,17). The van der Waals surface area contributed by atoms with Crippen LogP contribution >= 0.6 is 15.9 Å². The Morgan fingerprint density at radius 1 is 1.44 bits per heavy atom. The van der Waals surface area contributed by atoms with E-state index in [4.69, 9.17) is 10.5 Å². The fourth-order valence-corrected chi connectivity index (χ4v) is 2.41. The van der Waals surface area contributed by atoms with E-state index >= 15 is 0 Å². The van der Waals surface area contributed by atoms with Crippen LogP contribution in [0.3, 0.4) is 0 Å². The number of benzene rings is 1. The minimum absolute atomic E-state index is 0.150. The average Bonchev–Trinajstić information content (AvgIpc) is 2.49. The Balaban J connectivity index is 2.20. The van der Waals surface area contributed by atoms with Gasteiger partial charge in [-0.1, -0.05) is 0 Å². The molecule has 4 nitrogen and oxygen atoms in total. The Labute approximate surface area is 113 Å². The van der Waals surface area contributed by atoms with Gasteiger partial charge in [0.05, 0.1) is 10.2 Å². The number of ether oxygens (including phenoxy) is 1. The highest BCUT2D eigenvalue weighted by Crippen LogP contribution is 2.33. The van der Waals surface area contributed by atoms with Crippen LogP contribution in [0.5, 0.6) is 5.75 Å². The quantitative estimate of drug-likeness (QED) is 0.822. The van der Waals surface area contributed by atoms with E-state index in [0.29, 0.717) is 23.2 Å². The van der Waals surface area contributed by atoms with Crippen LogP contribution in [0, 0.1) is 5.82 Å². The van der Waals surface area contributed by atoms with Crippen LogP contribution in [0.25, 0.3) is 0 Å². The van der Waals surface area contributed by atoms with E-state index in [2.05, 4.69) is 21.2 Å². The number of anilines is 1. The Morgan fingerprint density at radius 3 is 2.94 bits per heavy atom. The normalized spacial score (nSPS) is 20.1. The number of nitrogens with one attached hydrogen (secondary N) is 1. The summed E-state index contributed by atoms with van der Waals surface area (Å²) in [5.74, 6) is -0.279. The summed E-state index contributed by atoms with van der Waals surface area (Å²) in [6, 6.07) is 2.44. The van der Waals surface area contributed by atoms with Gasteiger partial charge in [0.15, 0.2) is 11.9 Å². The number of nitrogens with two attached hydrogens (primary N) is 1. The second-order valence-electron chi connectivity index (χ2n) is 4.20. The lowest BCUT2D eigenvalue weighted by atomic mass is 10.2. The lowest BCUT2D eigenvalue weighted by Gasteiger charge is -2.18. The number of carbonyl (C=O) groups is 1. The van der Waals surface area contributed by atoms with Gasteiger partial charge >= 0.3 is 0 Å². The lowest BCUT2D eigenvalue weighted by molar-refractivity contribution is -0.127. The predicted molar refractivity (Wildman–Crippen MR) is 69.8 cm³/mol. The van der Waals surface area contributed by atoms with Gasteiger partial charge in [-0.15, -0.1) is 0 Å². The van der Waals surface area contributed by atoms with Crippen molar-refractivity contribution in [1.82, 2.24) is 5.32 Å². The van der Waals surface area contributed by atoms with Crippen LogP contribution in [0.2, 0.25) is 0 Å². The molecule has 0 bridgehead atoms. The van der Waals surface area contributed by atoms with Gasteiger partial charge < -0.3 is 15.8 Å². The first kappa shape index (κ1) is 13.1. The number of nitrogen functional groups attached to an aromatic ring is 1. The molecule has 0 aliphatic carbocycles. The summed E-state index contributed by atoms with van der Waals surface area (Å²) in [6.45, 7) is 0.665. The maximum atomic E-state index is 13.1. The molecular weight excluding hydrogens is 303 g/mol. The van der Waals surface area contributed by atoms with Gasteiger partial charge in [0.2, 0.25) is 0 Å². The molecule has 0 saturated carbocycles. The summed E-state index contributed by atoms with van der Waals surface area (Å²) in [5, 5.41) is 2.77. The lowest BCUT2D eigenvalue weighted by Crippen LogP contribution is -2.36. The Hall–Kier alpha value is -1.30. The Kier molecular flexibility index (Phi) is 4.06. The molecule has 1 aliphatic heterocycles. The second kappa shape index (κ2) is 5.56. The molecular formula is C12H14BrFN2O2. The monoisotopic (exact) mass is 316 g/mol. The van der Waals surface area contributed by atoms with Crippen molar-refractivity contribution < 1.29 is 13.9 Å². The van der Waals surface area contributed by atoms with Gasteiger partial charge in [-0.2, -0.15) is 0 Å². The molecule has 1 aromatic rings. The van der Waals surface area contributed by atoms with Crippen LogP contribution in [0.15, 0.2) is 16.6 Å². The molecule has 1 heterocycles. The van der Waals surface area contributed by atoms with Crippen molar-refractivity contribution in [2.45, 2.75) is 25.4 Å². The smallest absolute Gasteiger partial charge is 0.261 e. The van der Waals surface area contributed by atoms with Gasteiger partial charge in [0.25, 0.3) is 5.91 Å². The second-order valence-corrected chi connectivity index (χ2v) is 5.05. The summed E-state index contributed by atoms with van der Waals surface area (Å²) < 4.78 is 19.1. The highest BCUT2D eigenvalue weighted by Gasteiger charge is 2.24. The molecule has 1 aliphatic rings. The van der Waals surface area contributed by atoms with Crippen LogP contribution < -0.4 is 15.8 Å². The molecule has 0 spiro atoms. The largest absolute Gasteiger partial charge is 0.477 e. The molecule has 1 unspecified atom stereocenters.